The van der Waals surface area contributed by atoms with Crippen molar-refractivity contribution in [2.45, 2.75) is 72.2 Å². The standard InChI is InChI=1S/C22H34O3/c1-6-20(23)14-10-11-15-21(25-22(3,4)5)18(2)16-24-17-19-12-8-7-9-13-19/h7-10,12-14,18,21H,6,11,15-17H2,1-5H3/t18-,21+/m1/s1. The van der Waals surface area contributed by atoms with E-state index < -0.39 is 0 Å². The summed E-state index contributed by atoms with van der Waals surface area (Å²) in [6.45, 7) is 11.6. The van der Waals surface area contributed by atoms with Crippen molar-refractivity contribution in [1.29, 1.82) is 0 Å². The quantitative estimate of drug-likeness (QED) is 0.507. The van der Waals surface area contributed by atoms with Gasteiger partial charge in [-0.2, -0.15) is 0 Å². The Bertz CT molecular complexity index is 514. The van der Waals surface area contributed by atoms with Gasteiger partial charge in [0.05, 0.1) is 24.9 Å². The molecule has 0 aliphatic carbocycles. The fourth-order valence-corrected chi connectivity index (χ4v) is 2.55. The third-order valence-electron chi connectivity index (χ3n) is 3.90. The van der Waals surface area contributed by atoms with Crippen LogP contribution in [-0.4, -0.2) is 24.1 Å². The van der Waals surface area contributed by atoms with E-state index in [0.717, 1.165) is 12.8 Å². The molecule has 0 heterocycles. The van der Waals surface area contributed by atoms with Crippen LogP contribution in [0.25, 0.3) is 0 Å². The lowest BCUT2D eigenvalue weighted by molar-refractivity contribution is -0.114. The molecule has 0 radical (unpaired) electrons. The average Bonchev–Trinajstić information content (AvgIpc) is 2.57. The molecule has 1 aromatic carbocycles. The SMILES string of the molecule is CCC(=O)C=CCC[C@H](OC(C)(C)C)[C@H](C)COCc1ccccc1. The number of carbonyl (C=O) groups is 1. The minimum atomic E-state index is -0.193. The first kappa shape index (κ1) is 21.6. The number of benzene rings is 1. The Hall–Kier alpha value is -1.45. The maximum Gasteiger partial charge on any atom is 0.155 e. The van der Waals surface area contributed by atoms with Gasteiger partial charge in [0.2, 0.25) is 0 Å². The highest BCUT2D eigenvalue weighted by Gasteiger charge is 2.23. The Labute approximate surface area is 153 Å². The number of allylic oxidation sites excluding steroid dienone is 2. The molecule has 1 rings (SSSR count). The van der Waals surface area contributed by atoms with E-state index in [1.165, 1.54) is 5.56 Å². The van der Waals surface area contributed by atoms with Gasteiger partial charge in [-0.1, -0.05) is 50.3 Å². The van der Waals surface area contributed by atoms with Crippen LogP contribution in [0.2, 0.25) is 0 Å². The molecule has 0 fully saturated rings. The number of ketones is 1. The second-order valence-corrected chi connectivity index (χ2v) is 7.55. The second kappa shape index (κ2) is 11.2. The van der Waals surface area contributed by atoms with Crippen LogP contribution < -0.4 is 0 Å². The van der Waals surface area contributed by atoms with Crippen molar-refractivity contribution >= 4 is 5.78 Å². The normalized spacial score (nSPS) is 14.6. The van der Waals surface area contributed by atoms with Crippen molar-refractivity contribution in [3.8, 4) is 0 Å². The van der Waals surface area contributed by atoms with Crippen LogP contribution >= 0.6 is 0 Å². The maximum absolute atomic E-state index is 11.4. The zero-order valence-corrected chi connectivity index (χ0v) is 16.5. The van der Waals surface area contributed by atoms with Crippen LogP contribution in [0.1, 0.15) is 59.4 Å². The minimum Gasteiger partial charge on any atom is -0.376 e. The van der Waals surface area contributed by atoms with Crippen molar-refractivity contribution in [3.63, 3.8) is 0 Å². The Balaban J connectivity index is 2.49. The summed E-state index contributed by atoms with van der Waals surface area (Å²) in [5.74, 6) is 0.464. The largest absolute Gasteiger partial charge is 0.376 e. The molecule has 0 saturated heterocycles. The maximum atomic E-state index is 11.4. The predicted molar refractivity (Wildman–Crippen MR) is 104 cm³/mol. The molecule has 140 valence electrons. The monoisotopic (exact) mass is 346 g/mol. The number of carbonyl (C=O) groups excluding carboxylic acids is 1. The lowest BCUT2D eigenvalue weighted by atomic mass is 9.99. The van der Waals surface area contributed by atoms with E-state index in [4.69, 9.17) is 9.47 Å². The minimum absolute atomic E-state index is 0.108. The van der Waals surface area contributed by atoms with E-state index in [9.17, 15) is 4.79 Å². The topological polar surface area (TPSA) is 35.5 Å². The molecule has 0 aliphatic heterocycles. The first-order chi connectivity index (χ1) is 11.8. The number of hydrogen-bond donors (Lipinski definition) is 0. The molecule has 3 heteroatoms. The molecule has 25 heavy (non-hydrogen) atoms. The van der Waals surface area contributed by atoms with Gasteiger partial charge < -0.3 is 9.47 Å². The molecule has 0 unspecified atom stereocenters. The fraction of sp³-hybridized carbons (Fsp3) is 0.591. The Morgan fingerprint density at radius 3 is 2.48 bits per heavy atom. The van der Waals surface area contributed by atoms with Crippen LogP contribution in [0.4, 0.5) is 0 Å². The highest BCUT2D eigenvalue weighted by atomic mass is 16.5. The highest BCUT2D eigenvalue weighted by Crippen LogP contribution is 2.22. The molecular formula is C22H34O3. The molecule has 0 spiro atoms. The number of ether oxygens (including phenoxy) is 2. The molecule has 0 N–H and O–H groups in total. The van der Waals surface area contributed by atoms with Crippen molar-refractivity contribution in [2.75, 3.05) is 6.61 Å². The van der Waals surface area contributed by atoms with E-state index in [0.29, 0.717) is 25.6 Å². The van der Waals surface area contributed by atoms with E-state index in [-0.39, 0.29) is 17.5 Å². The Morgan fingerprint density at radius 1 is 1.20 bits per heavy atom. The first-order valence-electron chi connectivity index (χ1n) is 9.30. The molecule has 2 atom stereocenters. The molecular weight excluding hydrogens is 312 g/mol. The van der Waals surface area contributed by atoms with Gasteiger partial charge in [0.1, 0.15) is 0 Å². The summed E-state index contributed by atoms with van der Waals surface area (Å²) in [4.78, 5) is 11.4. The van der Waals surface area contributed by atoms with Crippen molar-refractivity contribution in [1.82, 2.24) is 0 Å². The summed E-state index contributed by atoms with van der Waals surface area (Å²) in [5.41, 5.74) is 0.991. The zero-order chi connectivity index (χ0) is 18.7. The highest BCUT2D eigenvalue weighted by molar-refractivity contribution is 5.89. The average molecular weight is 347 g/mol. The van der Waals surface area contributed by atoms with Gasteiger partial charge in [0.15, 0.2) is 5.78 Å². The van der Waals surface area contributed by atoms with Crippen LogP contribution in [0.5, 0.6) is 0 Å². The molecule has 0 bridgehead atoms. The van der Waals surface area contributed by atoms with Gasteiger partial charge in [0.25, 0.3) is 0 Å². The van der Waals surface area contributed by atoms with Gasteiger partial charge in [-0.25, -0.2) is 0 Å². The second-order valence-electron chi connectivity index (χ2n) is 7.55. The smallest absolute Gasteiger partial charge is 0.155 e. The van der Waals surface area contributed by atoms with Crippen LogP contribution in [0.15, 0.2) is 42.5 Å². The van der Waals surface area contributed by atoms with Crippen molar-refractivity contribution < 1.29 is 14.3 Å². The lowest BCUT2D eigenvalue weighted by Gasteiger charge is -2.31. The molecule has 0 amide bonds. The van der Waals surface area contributed by atoms with E-state index in [1.807, 2.05) is 31.2 Å². The zero-order valence-electron chi connectivity index (χ0n) is 16.5. The van der Waals surface area contributed by atoms with Gasteiger partial charge >= 0.3 is 0 Å². The number of hydrogen-bond acceptors (Lipinski definition) is 3. The molecule has 0 saturated carbocycles. The van der Waals surface area contributed by atoms with Crippen LogP contribution in [-0.2, 0) is 20.9 Å². The van der Waals surface area contributed by atoms with E-state index >= 15 is 0 Å². The van der Waals surface area contributed by atoms with E-state index in [1.54, 1.807) is 6.08 Å². The first-order valence-corrected chi connectivity index (χ1v) is 9.30. The summed E-state index contributed by atoms with van der Waals surface area (Å²) >= 11 is 0. The summed E-state index contributed by atoms with van der Waals surface area (Å²) in [7, 11) is 0. The van der Waals surface area contributed by atoms with Crippen LogP contribution in [0.3, 0.4) is 0 Å². The van der Waals surface area contributed by atoms with E-state index in [2.05, 4.69) is 39.8 Å². The molecule has 0 aliphatic rings. The number of rotatable bonds is 11. The summed E-state index contributed by atoms with van der Waals surface area (Å²) < 4.78 is 12.1. The Morgan fingerprint density at radius 2 is 1.88 bits per heavy atom. The molecule has 3 nitrogen and oxygen atoms in total. The van der Waals surface area contributed by atoms with Gasteiger partial charge in [-0.15, -0.1) is 0 Å². The fourth-order valence-electron chi connectivity index (χ4n) is 2.55. The van der Waals surface area contributed by atoms with Crippen LogP contribution in [0, 0.1) is 5.92 Å². The van der Waals surface area contributed by atoms with Gasteiger partial charge in [-0.3, -0.25) is 4.79 Å². The predicted octanol–water partition coefficient (Wildman–Crippen LogP) is 5.34. The third-order valence-corrected chi connectivity index (χ3v) is 3.90. The van der Waals surface area contributed by atoms with Crippen molar-refractivity contribution in [3.05, 3.63) is 48.0 Å². The summed E-state index contributed by atoms with van der Waals surface area (Å²) in [6.07, 6.45) is 6.04. The summed E-state index contributed by atoms with van der Waals surface area (Å²) in [5, 5.41) is 0. The van der Waals surface area contributed by atoms with Gasteiger partial charge in [0, 0.05) is 12.3 Å². The molecule has 0 aromatic heterocycles. The lowest BCUT2D eigenvalue weighted by Crippen LogP contribution is -2.33. The molecule has 1 aromatic rings. The summed E-state index contributed by atoms with van der Waals surface area (Å²) in [6, 6.07) is 10.2. The van der Waals surface area contributed by atoms with Crippen molar-refractivity contribution in [2.24, 2.45) is 5.92 Å². The van der Waals surface area contributed by atoms with Gasteiger partial charge in [-0.05, 0) is 45.3 Å². The Kier molecular flexibility index (Phi) is 9.69. The third kappa shape index (κ3) is 10.2.